The van der Waals surface area contributed by atoms with Crippen LogP contribution in [-0.2, 0) is 28.6 Å². The van der Waals surface area contributed by atoms with E-state index >= 15 is 0 Å². The lowest BCUT2D eigenvalue weighted by atomic mass is 9.78. The van der Waals surface area contributed by atoms with Crippen LogP contribution in [0.25, 0.3) is 10.8 Å². The predicted octanol–water partition coefficient (Wildman–Crippen LogP) is 5.12. The molecule has 0 saturated carbocycles. The second-order valence-electron chi connectivity index (χ2n) is 14.3. The molecule has 0 spiro atoms. The van der Waals surface area contributed by atoms with Gasteiger partial charge in [0.15, 0.2) is 5.75 Å². The van der Waals surface area contributed by atoms with E-state index in [1.165, 1.54) is 53.2 Å². The first-order valence-corrected chi connectivity index (χ1v) is 18.1. The number of ketones is 1. The summed E-state index contributed by atoms with van der Waals surface area (Å²) in [6, 6.07) is 0. The Morgan fingerprint density at radius 2 is 1.65 bits per heavy atom. The number of amides is 1. The number of benzene rings is 2. The van der Waals surface area contributed by atoms with Crippen molar-refractivity contribution < 1.29 is 63.7 Å². The van der Waals surface area contributed by atoms with Crippen molar-refractivity contribution in [2.24, 2.45) is 28.8 Å². The largest absolute Gasteiger partial charge is 0.507 e. The zero-order chi connectivity index (χ0) is 41.1. The molecule has 3 aliphatic heterocycles. The molecular weight excluding hydrogens is 716 g/mol. The molecule has 15 heteroatoms. The molecule has 0 radical (unpaired) electrons. The van der Waals surface area contributed by atoms with Crippen molar-refractivity contribution >= 4 is 40.3 Å². The summed E-state index contributed by atoms with van der Waals surface area (Å²) in [6.07, 6.45) is 4.49. The Hall–Kier alpha value is -5.12. The van der Waals surface area contributed by atoms with Crippen LogP contribution in [-0.4, -0.2) is 93.3 Å². The summed E-state index contributed by atoms with van der Waals surface area (Å²) < 4.78 is 23.4. The molecule has 9 unspecified atom stereocenters. The number of esters is 1. The maximum absolute atomic E-state index is 14.2. The Balaban J connectivity index is 1.97. The molecular formula is C40H52N2O13. The monoisotopic (exact) mass is 768 g/mol. The Labute approximate surface area is 319 Å². The number of hydrogen-bond donors (Lipinski definition) is 6. The van der Waals surface area contributed by atoms with Crippen LogP contribution >= 0.6 is 0 Å². The van der Waals surface area contributed by atoms with E-state index in [1.807, 2.05) is 0 Å². The van der Waals surface area contributed by atoms with Crippen LogP contribution in [0.2, 0.25) is 0 Å². The number of phenols is 3. The summed E-state index contributed by atoms with van der Waals surface area (Å²) in [5, 5.41) is 63.3. The summed E-state index contributed by atoms with van der Waals surface area (Å²) in [5.41, 5.74) is -0.610. The number of aliphatic hydroxyl groups excluding tert-OH is 2. The molecule has 0 fully saturated rings. The van der Waals surface area contributed by atoms with E-state index in [4.69, 9.17) is 23.8 Å². The number of methoxy groups -OCH3 is 1. The number of aromatic hydroxyl groups is 3. The minimum Gasteiger partial charge on any atom is -0.507 e. The number of Topliss-reactive ketones (excluding diaryl/α,β-unsaturated/α-hetero) is 1. The Bertz CT molecular complexity index is 1940. The van der Waals surface area contributed by atoms with Crippen molar-refractivity contribution in [1.29, 1.82) is 0 Å². The number of carbonyl (C=O) groups excluding carboxylic acids is 3. The number of hydrogen-bond acceptors (Lipinski definition) is 14. The molecule has 5 bridgehead atoms. The predicted molar refractivity (Wildman–Crippen MR) is 203 cm³/mol. The second-order valence-corrected chi connectivity index (χ2v) is 14.3. The number of ether oxygens (including phenoxy) is 4. The van der Waals surface area contributed by atoms with Crippen LogP contribution in [0.3, 0.4) is 0 Å². The molecule has 5 rings (SSSR count). The van der Waals surface area contributed by atoms with Crippen molar-refractivity contribution in [3.8, 4) is 23.0 Å². The Kier molecular flexibility index (Phi) is 13.3. The third-order valence-corrected chi connectivity index (χ3v) is 10.4. The minimum absolute atomic E-state index is 0.0345. The van der Waals surface area contributed by atoms with Crippen molar-refractivity contribution in [2.45, 2.75) is 92.5 Å². The number of fused-ring (bicyclic) bond motifs is 14. The van der Waals surface area contributed by atoms with Crippen molar-refractivity contribution in [1.82, 2.24) is 0 Å². The lowest BCUT2D eigenvalue weighted by molar-refractivity contribution is -0.160. The smallest absolute Gasteiger partial charge is 0.312 e. The zero-order valence-corrected chi connectivity index (χ0v) is 32.7. The third-order valence-electron chi connectivity index (χ3n) is 10.4. The van der Waals surface area contributed by atoms with E-state index < -0.39 is 88.8 Å². The molecule has 2 aromatic rings. The molecule has 3 heterocycles. The number of rotatable bonds is 5. The van der Waals surface area contributed by atoms with Crippen molar-refractivity contribution in [3.63, 3.8) is 0 Å². The highest BCUT2D eigenvalue weighted by Gasteiger charge is 2.50. The van der Waals surface area contributed by atoms with Gasteiger partial charge in [0, 0.05) is 61.2 Å². The van der Waals surface area contributed by atoms with E-state index in [0.29, 0.717) is 0 Å². The fourth-order valence-corrected chi connectivity index (χ4v) is 7.04. The van der Waals surface area contributed by atoms with Gasteiger partial charge in [-0.05, 0) is 26.8 Å². The lowest BCUT2D eigenvalue weighted by Crippen LogP contribution is -2.46. The van der Waals surface area contributed by atoms with Crippen LogP contribution in [0.5, 0.6) is 23.0 Å². The normalized spacial score (nSPS) is 31.4. The first-order valence-electron chi connectivity index (χ1n) is 18.1. The van der Waals surface area contributed by atoms with E-state index in [1.54, 1.807) is 46.8 Å². The zero-order valence-electron chi connectivity index (χ0n) is 32.7. The fraction of sp³-hybridized carbons (Fsp3) is 0.500. The molecule has 3 aliphatic rings. The van der Waals surface area contributed by atoms with Gasteiger partial charge in [0.25, 0.3) is 11.7 Å². The molecule has 1 amide bonds. The molecule has 15 nitrogen and oxygen atoms in total. The van der Waals surface area contributed by atoms with E-state index in [0.717, 1.165) is 6.21 Å². The number of carbonyl (C=O) groups is 3. The van der Waals surface area contributed by atoms with E-state index in [2.05, 4.69) is 10.5 Å². The SMILES string of the molecule is CCO/N=C\c1c2c(O)c3c(O)c(C)c4c(c3c1O)C(=O)C(C)(O/C=C/C(OC)C(C)C(OC(C)=O)C(C)C(O)C(C)C(O)C(C)/C=C/C=C(\C)C(=O)N2)O4. The Morgan fingerprint density at radius 1 is 0.982 bits per heavy atom. The number of phenolic OH excluding ortho intramolecular Hbond substituents is 3. The second kappa shape index (κ2) is 17.1. The lowest BCUT2D eigenvalue weighted by Gasteiger charge is -2.38. The van der Waals surface area contributed by atoms with E-state index in [-0.39, 0.29) is 51.1 Å². The molecule has 6 N–H and O–H groups in total. The number of aliphatic hydroxyl groups is 2. The molecule has 55 heavy (non-hydrogen) atoms. The van der Waals surface area contributed by atoms with Crippen LogP contribution < -0.4 is 10.1 Å². The quantitative estimate of drug-likeness (QED) is 0.0765. The highest BCUT2D eigenvalue weighted by molar-refractivity contribution is 6.23. The highest BCUT2D eigenvalue weighted by Crippen LogP contribution is 2.55. The molecule has 0 aliphatic carbocycles. The van der Waals surface area contributed by atoms with Gasteiger partial charge in [0.2, 0.25) is 0 Å². The standard InChI is InChI=1S/C40H52N2O13/c1-11-53-41-17-25-30-35(48)28-27(34(25)47)29-37(23(7)33(28)46)55-40(9,38(29)49)52-16-15-26(51-10)20(4)36(54-24(8)43)22(6)32(45)21(5)31(44)18(2)13-12-14-19(3)39(50)42-30/h12-18,20-22,26,31-32,36,44-48H,11H2,1-10H3,(H,42,50)/b13-12+,16-15+,19-14+,41-17-. The summed E-state index contributed by atoms with van der Waals surface area (Å²) in [7, 11) is 1.42. The molecule has 0 saturated heterocycles. The maximum Gasteiger partial charge on any atom is 0.312 e. The topological polar surface area (TPSA) is 223 Å². The third kappa shape index (κ3) is 8.28. The average molecular weight is 769 g/mol. The number of nitrogens with zero attached hydrogens (tertiary/aromatic N) is 1. The van der Waals surface area contributed by atoms with E-state index in [9.17, 15) is 39.9 Å². The van der Waals surface area contributed by atoms with Crippen LogP contribution in [0.15, 0.2) is 41.3 Å². The Morgan fingerprint density at radius 3 is 2.27 bits per heavy atom. The summed E-state index contributed by atoms with van der Waals surface area (Å²) >= 11 is 0. The number of oxime groups is 1. The van der Waals surface area contributed by atoms with Gasteiger partial charge >= 0.3 is 11.8 Å². The summed E-state index contributed by atoms with van der Waals surface area (Å²) in [4.78, 5) is 45.1. The van der Waals surface area contributed by atoms with Gasteiger partial charge in [-0.1, -0.05) is 51.1 Å². The number of anilines is 1. The van der Waals surface area contributed by atoms with Crippen LogP contribution in [0.4, 0.5) is 5.69 Å². The number of allylic oxidation sites excluding steroid dienone is 2. The number of nitrogens with one attached hydrogen (secondary N) is 1. The summed E-state index contributed by atoms with van der Waals surface area (Å²) in [6.45, 7) is 14.2. The van der Waals surface area contributed by atoms with Crippen LogP contribution in [0, 0.1) is 30.6 Å². The van der Waals surface area contributed by atoms with Gasteiger partial charge < -0.3 is 54.6 Å². The highest BCUT2D eigenvalue weighted by atomic mass is 16.7. The minimum atomic E-state index is -2.05. The summed E-state index contributed by atoms with van der Waals surface area (Å²) in [5.74, 6) is -8.61. The molecule has 0 aromatic heterocycles. The first kappa shape index (κ1) is 42.6. The van der Waals surface area contributed by atoms with Gasteiger partial charge in [-0.15, -0.1) is 0 Å². The maximum atomic E-state index is 14.2. The molecule has 300 valence electrons. The van der Waals surface area contributed by atoms with Gasteiger partial charge in [0.05, 0.1) is 53.0 Å². The van der Waals surface area contributed by atoms with Gasteiger partial charge in [-0.2, -0.15) is 0 Å². The van der Waals surface area contributed by atoms with Crippen LogP contribution in [0.1, 0.15) is 76.9 Å². The van der Waals surface area contributed by atoms with Crippen molar-refractivity contribution in [3.05, 3.63) is 52.8 Å². The average Bonchev–Trinajstić information content (AvgIpc) is 3.41. The van der Waals surface area contributed by atoms with Gasteiger partial charge in [-0.3, -0.25) is 14.4 Å². The molecule has 9 atom stereocenters. The van der Waals surface area contributed by atoms with Gasteiger partial charge in [-0.25, -0.2) is 0 Å². The first-order chi connectivity index (χ1) is 25.8. The fourth-order valence-electron chi connectivity index (χ4n) is 7.04. The molecule has 2 aromatic carbocycles. The van der Waals surface area contributed by atoms with Crippen molar-refractivity contribution in [2.75, 3.05) is 19.0 Å². The van der Waals surface area contributed by atoms with Gasteiger partial charge in [0.1, 0.15) is 30.0 Å².